The molecule has 66 valence electrons. The van der Waals surface area contributed by atoms with Crippen LogP contribution in [0.3, 0.4) is 0 Å². The van der Waals surface area contributed by atoms with Crippen LogP contribution in [0.15, 0.2) is 24.3 Å². The predicted molar refractivity (Wildman–Crippen MR) is 39.1 cm³/mol. The molecule has 5 nitrogen and oxygen atoms in total. The quantitative estimate of drug-likeness (QED) is 0.311. The SMILES string of the molecule is Nc1ccccc1OP(=O)([O-])[O-].[Na+].[Na+]. The second kappa shape index (κ2) is 7.28. The summed E-state index contributed by atoms with van der Waals surface area (Å²) in [6.45, 7) is 0. The first-order chi connectivity index (χ1) is 5.49. The maximum atomic E-state index is 10.1. The van der Waals surface area contributed by atoms with Crippen LogP contribution < -0.4 is 79.2 Å². The molecule has 14 heavy (non-hydrogen) atoms. The monoisotopic (exact) mass is 233 g/mol. The molecular weight excluding hydrogens is 227 g/mol. The van der Waals surface area contributed by atoms with Gasteiger partial charge in [0.25, 0.3) is 0 Å². The molecular formula is C6H6NNa2O4P. The van der Waals surface area contributed by atoms with E-state index in [1.54, 1.807) is 6.07 Å². The summed E-state index contributed by atoms with van der Waals surface area (Å²) in [6, 6.07) is 5.85. The molecule has 0 atom stereocenters. The van der Waals surface area contributed by atoms with E-state index in [2.05, 4.69) is 4.52 Å². The third-order valence-corrected chi connectivity index (χ3v) is 1.55. The van der Waals surface area contributed by atoms with Gasteiger partial charge in [-0.05, 0) is 12.1 Å². The van der Waals surface area contributed by atoms with Gasteiger partial charge < -0.3 is 24.6 Å². The van der Waals surface area contributed by atoms with Crippen LogP contribution in [-0.4, -0.2) is 0 Å². The van der Waals surface area contributed by atoms with Crippen molar-refractivity contribution in [3.8, 4) is 5.75 Å². The molecule has 0 saturated heterocycles. The minimum atomic E-state index is -4.99. The van der Waals surface area contributed by atoms with E-state index in [1.807, 2.05) is 0 Å². The van der Waals surface area contributed by atoms with Crippen LogP contribution >= 0.6 is 7.82 Å². The molecule has 0 saturated carbocycles. The van der Waals surface area contributed by atoms with Crippen molar-refractivity contribution in [2.45, 2.75) is 0 Å². The van der Waals surface area contributed by atoms with Crippen molar-refractivity contribution in [3.05, 3.63) is 24.3 Å². The Kier molecular flexibility index (Phi) is 9.03. The van der Waals surface area contributed by atoms with Crippen molar-refractivity contribution in [2.75, 3.05) is 5.73 Å². The van der Waals surface area contributed by atoms with Crippen molar-refractivity contribution in [2.24, 2.45) is 0 Å². The fourth-order valence-electron chi connectivity index (χ4n) is 0.684. The van der Waals surface area contributed by atoms with Gasteiger partial charge in [-0.3, -0.25) is 0 Å². The molecule has 0 heterocycles. The van der Waals surface area contributed by atoms with Crippen molar-refractivity contribution in [1.82, 2.24) is 0 Å². The molecule has 0 aliphatic heterocycles. The summed E-state index contributed by atoms with van der Waals surface area (Å²) in [4.78, 5) is 20.3. The number of hydrogen-bond donors (Lipinski definition) is 1. The first kappa shape index (κ1) is 17.4. The van der Waals surface area contributed by atoms with Gasteiger partial charge in [-0.15, -0.1) is 0 Å². The molecule has 1 aromatic carbocycles. The van der Waals surface area contributed by atoms with E-state index in [0.717, 1.165) is 0 Å². The van der Waals surface area contributed by atoms with E-state index < -0.39 is 7.82 Å². The van der Waals surface area contributed by atoms with Crippen LogP contribution in [0.2, 0.25) is 0 Å². The first-order valence-electron chi connectivity index (χ1n) is 3.05. The normalized spacial score (nSPS) is 9.57. The zero-order valence-corrected chi connectivity index (χ0v) is 12.9. The van der Waals surface area contributed by atoms with Gasteiger partial charge in [0.15, 0.2) is 0 Å². The van der Waals surface area contributed by atoms with Crippen LogP contribution in [0.4, 0.5) is 5.69 Å². The molecule has 8 heteroatoms. The number of nitrogens with two attached hydrogens (primary N) is 1. The summed E-state index contributed by atoms with van der Waals surface area (Å²) in [5.41, 5.74) is 5.42. The summed E-state index contributed by atoms with van der Waals surface area (Å²) in [5.74, 6) is -0.133. The number of phosphoric ester groups is 1. The molecule has 0 fully saturated rings. The van der Waals surface area contributed by atoms with Crippen molar-refractivity contribution < 1.29 is 78.0 Å². The average molecular weight is 233 g/mol. The van der Waals surface area contributed by atoms with E-state index in [0.29, 0.717) is 0 Å². The Hall–Kier alpha value is 0.970. The molecule has 0 bridgehead atoms. The van der Waals surface area contributed by atoms with Crippen molar-refractivity contribution in [3.63, 3.8) is 0 Å². The Balaban J connectivity index is 0. The molecule has 0 aliphatic rings. The summed E-state index contributed by atoms with van der Waals surface area (Å²) < 4.78 is 14.2. The van der Waals surface area contributed by atoms with Crippen LogP contribution in [-0.2, 0) is 4.57 Å². The van der Waals surface area contributed by atoms with Crippen molar-refractivity contribution >= 4 is 13.5 Å². The standard InChI is InChI=1S/C6H8NO4P.2Na/c7-5-3-1-2-4-6(5)11-12(8,9)10;;/h1-4H,7H2,(H2,8,9,10);;/q;2*+1/p-2. The van der Waals surface area contributed by atoms with Gasteiger partial charge in [-0.1, -0.05) is 12.1 Å². The first-order valence-corrected chi connectivity index (χ1v) is 4.51. The minimum absolute atomic E-state index is 0. The number of phosphoric acid groups is 1. The summed E-state index contributed by atoms with van der Waals surface area (Å²) in [5, 5.41) is 0. The summed E-state index contributed by atoms with van der Waals surface area (Å²) in [7, 11) is -4.99. The van der Waals surface area contributed by atoms with Gasteiger partial charge in [-0.25, -0.2) is 0 Å². The van der Waals surface area contributed by atoms with Crippen LogP contribution in [0.25, 0.3) is 0 Å². The predicted octanol–water partition coefficient (Wildman–Crippen LogP) is -6.52. The van der Waals surface area contributed by atoms with Gasteiger partial charge >= 0.3 is 59.1 Å². The molecule has 0 aromatic heterocycles. The third kappa shape index (κ3) is 6.45. The molecule has 1 rings (SSSR count). The minimum Gasteiger partial charge on any atom is -0.780 e. The van der Waals surface area contributed by atoms with Gasteiger partial charge in [0.05, 0.1) is 5.69 Å². The summed E-state index contributed by atoms with van der Waals surface area (Å²) in [6.07, 6.45) is 0. The van der Waals surface area contributed by atoms with E-state index in [9.17, 15) is 14.4 Å². The molecule has 0 spiro atoms. The molecule has 2 N–H and O–H groups in total. The summed E-state index contributed by atoms with van der Waals surface area (Å²) >= 11 is 0. The number of benzene rings is 1. The molecule has 0 amide bonds. The molecule has 0 aliphatic carbocycles. The van der Waals surface area contributed by atoms with E-state index in [4.69, 9.17) is 5.73 Å². The smallest absolute Gasteiger partial charge is 0.780 e. The zero-order chi connectivity index (χ0) is 9.19. The maximum absolute atomic E-state index is 10.1. The number of anilines is 1. The third-order valence-electron chi connectivity index (χ3n) is 1.13. The Morgan fingerprint density at radius 2 is 1.71 bits per heavy atom. The second-order valence-corrected chi connectivity index (χ2v) is 3.15. The second-order valence-electron chi connectivity index (χ2n) is 2.08. The largest absolute Gasteiger partial charge is 1.00 e. The van der Waals surface area contributed by atoms with E-state index >= 15 is 0 Å². The van der Waals surface area contributed by atoms with Crippen LogP contribution in [0.1, 0.15) is 0 Å². The number of hydrogen-bond acceptors (Lipinski definition) is 5. The Labute approximate surface area is 126 Å². The number of para-hydroxylation sites is 2. The molecule has 0 radical (unpaired) electrons. The van der Waals surface area contributed by atoms with Gasteiger partial charge in [0, 0.05) is 0 Å². The Morgan fingerprint density at radius 1 is 1.21 bits per heavy atom. The fraction of sp³-hybridized carbons (Fsp3) is 0. The Bertz CT molecular complexity index is 329. The number of nitrogen functional groups attached to an aromatic ring is 1. The van der Waals surface area contributed by atoms with Gasteiger partial charge in [0.1, 0.15) is 13.6 Å². The average Bonchev–Trinajstić information content (AvgIpc) is 1.91. The zero-order valence-electron chi connectivity index (χ0n) is 7.97. The van der Waals surface area contributed by atoms with Crippen LogP contribution in [0.5, 0.6) is 5.75 Å². The van der Waals surface area contributed by atoms with Crippen LogP contribution in [0, 0.1) is 0 Å². The van der Waals surface area contributed by atoms with E-state index in [-0.39, 0.29) is 70.6 Å². The van der Waals surface area contributed by atoms with Crippen molar-refractivity contribution in [1.29, 1.82) is 0 Å². The van der Waals surface area contributed by atoms with E-state index in [1.165, 1.54) is 18.2 Å². The van der Waals surface area contributed by atoms with Gasteiger partial charge in [-0.2, -0.15) is 0 Å². The Morgan fingerprint density at radius 3 is 2.14 bits per heavy atom. The van der Waals surface area contributed by atoms with Gasteiger partial charge in [0.2, 0.25) is 0 Å². The topological polar surface area (TPSA) is 98.4 Å². The number of rotatable bonds is 2. The molecule has 0 unspecified atom stereocenters. The fourth-order valence-corrected chi connectivity index (χ4v) is 1.09. The molecule has 1 aromatic rings. The maximum Gasteiger partial charge on any atom is 1.00 e.